The molecule has 0 radical (unpaired) electrons. The predicted octanol–water partition coefficient (Wildman–Crippen LogP) is 4.38. The van der Waals surface area contributed by atoms with Crippen molar-refractivity contribution in [3.05, 3.63) is 35.7 Å². The van der Waals surface area contributed by atoms with E-state index in [4.69, 9.17) is 10.5 Å². The van der Waals surface area contributed by atoms with E-state index >= 15 is 0 Å². The number of piperazine rings is 1. The van der Waals surface area contributed by atoms with Crippen molar-refractivity contribution in [3.8, 4) is 11.4 Å². The molecule has 2 aliphatic heterocycles. The Morgan fingerprint density at radius 3 is 2.12 bits per heavy atom. The van der Waals surface area contributed by atoms with Crippen LogP contribution in [0.3, 0.4) is 0 Å². The van der Waals surface area contributed by atoms with Crippen molar-refractivity contribution < 1.29 is 26.3 Å². The van der Waals surface area contributed by atoms with E-state index in [1.807, 2.05) is 52.5 Å². The molecule has 5 rings (SSSR count). The van der Waals surface area contributed by atoms with Gasteiger partial charge in [0.1, 0.15) is 11.3 Å². The van der Waals surface area contributed by atoms with E-state index < -0.39 is 21.8 Å². The van der Waals surface area contributed by atoms with Gasteiger partial charge in [0.2, 0.25) is 10.0 Å². The van der Waals surface area contributed by atoms with Crippen LogP contribution in [0.25, 0.3) is 16.9 Å². The van der Waals surface area contributed by atoms with Crippen molar-refractivity contribution in [2.45, 2.75) is 54.3 Å². The summed E-state index contributed by atoms with van der Waals surface area (Å²) < 4.78 is 73.5. The Kier molecular flexibility index (Phi) is 13.6. The fraction of sp³-hybridized carbons (Fsp3) is 0.607. The molecule has 2 N–H and O–H groups in total. The second kappa shape index (κ2) is 16.2. The van der Waals surface area contributed by atoms with E-state index in [0.717, 1.165) is 17.8 Å². The van der Waals surface area contributed by atoms with Crippen molar-refractivity contribution >= 4 is 27.2 Å². The normalized spacial score (nSPS) is 16.4. The number of ether oxygens (including phenoxy) is 1. The molecule has 0 amide bonds. The van der Waals surface area contributed by atoms with Crippen LogP contribution in [-0.2, 0) is 27.5 Å². The molecule has 3 aromatic heterocycles. The number of halogens is 3. The summed E-state index contributed by atoms with van der Waals surface area (Å²) in [7, 11) is -3.23. The molecule has 2 fully saturated rings. The number of nitrogen functional groups attached to an aromatic ring is 1. The van der Waals surface area contributed by atoms with Crippen LogP contribution in [0.5, 0.6) is 0 Å². The fourth-order valence-corrected chi connectivity index (χ4v) is 5.43. The number of alkyl halides is 3. The number of fused-ring (bicyclic) bond motifs is 1. The van der Waals surface area contributed by atoms with Crippen molar-refractivity contribution in [2.24, 2.45) is 0 Å². The lowest BCUT2D eigenvalue weighted by molar-refractivity contribution is -0.137. The molecular weight excluding hydrogens is 585 g/mol. The number of anilines is 2. The molecule has 0 unspecified atom stereocenters. The molecule has 0 aliphatic carbocycles. The minimum absolute atomic E-state index is 0.113. The smallest absolute Gasteiger partial charge is 0.384 e. The summed E-state index contributed by atoms with van der Waals surface area (Å²) in [6.07, 6.45) is -0.646. The molecular formula is C28H45F3N8O3S. The van der Waals surface area contributed by atoms with E-state index in [-0.39, 0.29) is 17.2 Å². The molecule has 2 saturated heterocycles. The van der Waals surface area contributed by atoms with Gasteiger partial charge in [-0.3, -0.25) is 4.90 Å². The molecule has 0 atom stereocenters. The molecule has 0 bridgehead atoms. The summed E-state index contributed by atoms with van der Waals surface area (Å²) in [5, 5.41) is 4.42. The highest BCUT2D eigenvalue weighted by Crippen LogP contribution is 2.37. The summed E-state index contributed by atoms with van der Waals surface area (Å²) in [6.45, 7) is 16.5. The summed E-state index contributed by atoms with van der Waals surface area (Å²) in [4.78, 5) is 12.5. The SMILES string of the molecule is CC.CC.CC.CS(=O)(=O)N1CCN(Cc2cc3c(N4CCOCC4)nc(-c4cnc(N)cc4C(F)(F)F)nn3c2)CC1. The third kappa shape index (κ3) is 9.24. The van der Waals surface area contributed by atoms with E-state index in [2.05, 4.69) is 20.0 Å². The molecule has 15 heteroatoms. The van der Waals surface area contributed by atoms with Crippen LogP contribution in [0.4, 0.5) is 24.8 Å². The first kappa shape index (κ1) is 36.2. The van der Waals surface area contributed by atoms with Gasteiger partial charge in [0.05, 0.1) is 30.6 Å². The van der Waals surface area contributed by atoms with Crippen LogP contribution >= 0.6 is 0 Å². The number of rotatable bonds is 5. The zero-order chi connectivity index (χ0) is 32.4. The maximum atomic E-state index is 13.8. The Labute approximate surface area is 252 Å². The highest BCUT2D eigenvalue weighted by atomic mass is 32.2. The van der Waals surface area contributed by atoms with Gasteiger partial charge in [-0.15, -0.1) is 5.10 Å². The predicted molar refractivity (Wildman–Crippen MR) is 164 cm³/mol. The number of hydrogen-bond acceptors (Lipinski definition) is 9. The highest BCUT2D eigenvalue weighted by Gasteiger charge is 2.35. The van der Waals surface area contributed by atoms with Crippen LogP contribution in [0.1, 0.15) is 52.7 Å². The average Bonchev–Trinajstić information content (AvgIpc) is 3.42. The monoisotopic (exact) mass is 630 g/mol. The minimum Gasteiger partial charge on any atom is -0.384 e. The van der Waals surface area contributed by atoms with Gasteiger partial charge in [0.25, 0.3) is 0 Å². The molecule has 242 valence electrons. The van der Waals surface area contributed by atoms with Gasteiger partial charge in [-0.25, -0.2) is 22.9 Å². The van der Waals surface area contributed by atoms with Gasteiger partial charge in [-0.1, -0.05) is 41.5 Å². The topological polar surface area (TPSA) is 122 Å². The fourth-order valence-electron chi connectivity index (χ4n) is 4.61. The third-order valence-electron chi connectivity index (χ3n) is 6.49. The average molecular weight is 631 g/mol. The van der Waals surface area contributed by atoms with Crippen molar-refractivity contribution in [2.75, 3.05) is 69.4 Å². The lowest BCUT2D eigenvalue weighted by Crippen LogP contribution is -2.47. The molecule has 43 heavy (non-hydrogen) atoms. The highest BCUT2D eigenvalue weighted by molar-refractivity contribution is 7.88. The Bertz CT molecular complexity index is 1400. The zero-order valence-electron chi connectivity index (χ0n) is 26.1. The van der Waals surface area contributed by atoms with E-state index in [0.29, 0.717) is 70.4 Å². The number of nitrogens with two attached hydrogens (primary N) is 1. The maximum Gasteiger partial charge on any atom is 0.417 e. The number of hydrogen-bond donors (Lipinski definition) is 1. The van der Waals surface area contributed by atoms with Gasteiger partial charge < -0.3 is 15.4 Å². The van der Waals surface area contributed by atoms with E-state index in [1.54, 1.807) is 10.7 Å². The van der Waals surface area contributed by atoms with Crippen LogP contribution in [0.15, 0.2) is 24.5 Å². The molecule has 2 aliphatic rings. The second-order valence-corrected chi connectivity index (χ2v) is 11.1. The van der Waals surface area contributed by atoms with Crippen molar-refractivity contribution in [1.82, 2.24) is 28.8 Å². The number of sulfonamides is 1. The first-order chi connectivity index (χ1) is 20.5. The number of nitrogens with zero attached hydrogens (tertiary/aromatic N) is 7. The lowest BCUT2D eigenvalue weighted by atomic mass is 10.1. The number of aromatic nitrogens is 4. The van der Waals surface area contributed by atoms with Crippen LogP contribution in [-0.4, -0.2) is 95.9 Å². The third-order valence-corrected chi connectivity index (χ3v) is 7.79. The minimum atomic E-state index is -4.67. The van der Waals surface area contributed by atoms with Crippen LogP contribution in [0.2, 0.25) is 0 Å². The summed E-state index contributed by atoms with van der Waals surface area (Å²) in [6, 6.07) is 2.71. The van der Waals surface area contributed by atoms with Gasteiger partial charge in [0, 0.05) is 58.2 Å². The largest absolute Gasteiger partial charge is 0.417 e. The molecule has 0 spiro atoms. The van der Waals surface area contributed by atoms with Gasteiger partial charge in [0.15, 0.2) is 11.6 Å². The zero-order valence-corrected chi connectivity index (χ0v) is 27.0. The Balaban J connectivity index is 0.00000101. The second-order valence-electron chi connectivity index (χ2n) is 9.13. The molecule has 0 saturated carbocycles. The molecule has 0 aromatic carbocycles. The summed E-state index contributed by atoms with van der Waals surface area (Å²) in [5.41, 5.74) is 5.88. The quantitative estimate of drug-likeness (QED) is 0.438. The standard InChI is InChI=1S/C22H27F3N8O3S.3C2H6/c1-37(34,35)32-4-2-30(3-5-32)13-15-10-18-21(31-6-8-36-9-7-31)28-20(29-33(18)14-15)16-12-27-19(26)11-17(16)22(23,24)25;3*1-2/h10-12,14H,2-9,13H2,1H3,(H2,26,27);3*1-2H3. The summed E-state index contributed by atoms with van der Waals surface area (Å²) in [5.74, 6) is 0.147. The van der Waals surface area contributed by atoms with Crippen molar-refractivity contribution in [1.29, 1.82) is 0 Å². The van der Waals surface area contributed by atoms with Crippen molar-refractivity contribution in [3.63, 3.8) is 0 Å². The van der Waals surface area contributed by atoms with Gasteiger partial charge in [-0.05, 0) is 17.7 Å². The van der Waals surface area contributed by atoms with Gasteiger partial charge in [-0.2, -0.15) is 17.5 Å². The lowest BCUT2D eigenvalue weighted by Gasteiger charge is -2.32. The van der Waals surface area contributed by atoms with Crippen LogP contribution in [0, 0.1) is 0 Å². The Hall–Kier alpha value is -3.01. The Morgan fingerprint density at radius 2 is 1.56 bits per heavy atom. The molecule has 5 heterocycles. The van der Waals surface area contributed by atoms with Crippen LogP contribution < -0.4 is 10.6 Å². The summed E-state index contributed by atoms with van der Waals surface area (Å²) >= 11 is 0. The van der Waals surface area contributed by atoms with E-state index in [1.165, 1.54) is 10.6 Å². The molecule has 11 nitrogen and oxygen atoms in total. The van der Waals surface area contributed by atoms with Gasteiger partial charge >= 0.3 is 6.18 Å². The maximum absolute atomic E-state index is 13.8. The molecule has 3 aromatic rings. The first-order valence-corrected chi connectivity index (χ1v) is 16.6. The number of pyridine rings is 1. The van der Waals surface area contributed by atoms with E-state index in [9.17, 15) is 21.6 Å². The number of morpholine rings is 1. The Morgan fingerprint density at radius 1 is 0.953 bits per heavy atom. The first-order valence-electron chi connectivity index (χ1n) is 14.7.